The Balaban J connectivity index is 1.83. The summed E-state index contributed by atoms with van der Waals surface area (Å²) >= 11 is 0. The topological polar surface area (TPSA) is 29.5 Å². The molecule has 1 aliphatic carbocycles. The fraction of sp³-hybridized carbons (Fsp3) is 0.471. The van der Waals surface area contributed by atoms with Gasteiger partial charge in [0, 0.05) is 12.1 Å². The van der Waals surface area contributed by atoms with Crippen LogP contribution in [0.5, 0.6) is 0 Å². The van der Waals surface area contributed by atoms with Gasteiger partial charge in [0.2, 0.25) is 0 Å². The van der Waals surface area contributed by atoms with Gasteiger partial charge in [-0.15, -0.1) is 0 Å². The predicted molar refractivity (Wildman–Crippen MR) is 76.9 cm³/mol. The van der Waals surface area contributed by atoms with E-state index < -0.39 is 0 Å². The number of carbonyl (C=O) groups is 1. The lowest BCUT2D eigenvalue weighted by atomic mass is 9.74. The van der Waals surface area contributed by atoms with Gasteiger partial charge in [-0.1, -0.05) is 30.3 Å². The van der Waals surface area contributed by atoms with Crippen molar-refractivity contribution >= 4 is 11.9 Å². The number of hydrogen-bond donors (Lipinski definition) is 0. The molecule has 2 aliphatic heterocycles. The zero-order valence-electron chi connectivity index (χ0n) is 11.5. The van der Waals surface area contributed by atoms with Crippen LogP contribution in [0.3, 0.4) is 0 Å². The van der Waals surface area contributed by atoms with E-state index in [0.29, 0.717) is 12.0 Å². The minimum Gasteiger partial charge on any atom is -0.410 e. The van der Waals surface area contributed by atoms with Crippen LogP contribution in [0.25, 0.3) is 5.76 Å². The molecule has 1 amide bonds. The molecule has 2 atom stereocenters. The van der Waals surface area contributed by atoms with Gasteiger partial charge in [0.15, 0.2) is 0 Å². The van der Waals surface area contributed by atoms with E-state index in [4.69, 9.17) is 4.74 Å². The highest BCUT2D eigenvalue weighted by Gasteiger charge is 2.44. The summed E-state index contributed by atoms with van der Waals surface area (Å²) in [5.41, 5.74) is 2.40. The van der Waals surface area contributed by atoms with Gasteiger partial charge in [0.1, 0.15) is 5.76 Å². The average Bonchev–Trinajstić information content (AvgIpc) is 2.52. The van der Waals surface area contributed by atoms with E-state index >= 15 is 0 Å². The van der Waals surface area contributed by atoms with Crippen molar-refractivity contribution in [3.8, 4) is 0 Å². The third-order valence-corrected chi connectivity index (χ3v) is 4.89. The summed E-state index contributed by atoms with van der Waals surface area (Å²) < 4.78 is 5.69. The number of benzene rings is 1. The van der Waals surface area contributed by atoms with Gasteiger partial charge in [-0.05, 0) is 43.6 Å². The summed E-state index contributed by atoms with van der Waals surface area (Å²) in [4.78, 5) is 14.3. The Bertz CT molecular complexity index is 562. The highest BCUT2D eigenvalue weighted by Crippen LogP contribution is 2.44. The van der Waals surface area contributed by atoms with Gasteiger partial charge in [0.25, 0.3) is 0 Å². The molecule has 20 heavy (non-hydrogen) atoms. The van der Waals surface area contributed by atoms with E-state index in [-0.39, 0.29) is 6.09 Å². The molecule has 3 heteroatoms. The average molecular weight is 269 g/mol. The Hall–Kier alpha value is -1.77. The molecule has 4 rings (SSSR count). The largest absolute Gasteiger partial charge is 0.415 e. The molecule has 1 aromatic carbocycles. The number of piperidine rings is 1. The molecule has 0 aromatic heterocycles. The molecule has 0 N–H and O–H groups in total. The number of hydrogen-bond acceptors (Lipinski definition) is 2. The molecule has 1 saturated heterocycles. The van der Waals surface area contributed by atoms with Crippen LogP contribution in [0, 0.1) is 5.92 Å². The smallest absolute Gasteiger partial charge is 0.410 e. The maximum absolute atomic E-state index is 12.3. The van der Waals surface area contributed by atoms with Crippen LogP contribution in [0.4, 0.5) is 4.79 Å². The molecule has 0 radical (unpaired) electrons. The standard InChI is InChI=1S/C17H19NO2/c19-17-18-11-5-9-12-8-4-10-14(15(12)18)16(20-17)13-6-2-1-3-7-13/h1-3,6-7,12,15H,4-5,8-11H2/t12-,15-/m1/s1. The molecule has 104 valence electrons. The molecule has 3 aliphatic rings. The lowest BCUT2D eigenvalue weighted by molar-refractivity contribution is 0.0654. The fourth-order valence-electron chi connectivity index (χ4n) is 4.05. The highest BCUT2D eigenvalue weighted by atomic mass is 16.6. The SMILES string of the molecule is O=C1OC(c2ccccc2)=C2CCC[C@@H]3CCCN1[C@@H]23. The summed E-state index contributed by atoms with van der Waals surface area (Å²) in [6.07, 6.45) is 5.75. The van der Waals surface area contributed by atoms with Crippen LogP contribution in [0.1, 0.15) is 37.7 Å². The first kappa shape index (κ1) is 12.0. The number of cyclic esters (lactones) is 1. The van der Waals surface area contributed by atoms with Gasteiger partial charge in [0.05, 0.1) is 6.04 Å². The second kappa shape index (κ2) is 4.65. The number of amides is 1. The Kier molecular flexibility index (Phi) is 2.79. The third-order valence-electron chi connectivity index (χ3n) is 4.89. The third kappa shape index (κ3) is 1.76. The first-order valence-electron chi connectivity index (χ1n) is 7.61. The van der Waals surface area contributed by atoms with Crippen molar-refractivity contribution in [3.05, 3.63) is 41.5 Å². The Labute approximate surface area is 119 Å². The van der Waals surface area contributed by atoms with E-state index in [1.165, 1.54) is 24.8 Å². The maximum atomic E-state index is 12.3. The van der Waals surface area contributed by atoms with Gasteiger partial charge < -0.3 is 9.64 Å². The molecule has 2 fully saturated rings. The van der Waals surface area contributed by atoms with Crippen LogP contribution >= 0.6 is 0 Å². The van der Waals surface area contributed by atoms with Crippen LogP contribution in [0.2, 0.25) is 0 Å². The quantitative estimate of drug-likeness (QED) is 0.775. The summed E-state index contributed by atoms with van der Waals surface area (Å²) in [6.45, 7) is 0.853. The van der Waals surface area contributed by atoms with E-state index in [1.807, 2.05) is 35.2 Å². The lowest BCUT2D eigenvalue weighted by Crippen LogP contribution is -2.53. The van der Waals surface area contributed by atoms with Gasteiger partial charge in [-0.2, -0.15) is 0 Å². The van der Waals surface area contributed by atoms with Gasteiger partial charge >= 0.3 is 6.09 Å². The van der Waals surface area contributed by atoms with E-state index in [9.17, 15) is 4.79 Å². The molecule has 2 heterocycles. The van der Waals surface area contributed by atoms with Crippen LogP contribution in [-0.2, 0) is 4.74 Å². The number of rotatable bonds is 1. The van der Waals surface area contributed by atoms with Crippen molar-refractivity contribution in [2.24, 2.45) is 5.92 Å². The summed E-state index contributed by atoms with van der Waals surface area (Å²) in [5.74, 6) is 1.47. The van der Waals surface area contributed by atoms with Crippen molar-refractivity contribution < 1.29 is 9.53 Å². The van der Waals surface area contributed by atoms with Gasteiger partial charge in [-0.3, -0.25) is 0 Å². The predicted octanol–water partition coefficient (Wildman–Crippen LogP) is 3.81. The van der Waals surface area contributed by atoms with E-state index in [1.54, 1.807) is 0 Å². The zero-order chi connectivity index (χ0) is 13.5. The molecule has 1 saturated carbocycles. The maximum Gasteiger partial charge on any atom is 0.415 e. The fourth-order valence-corrected chi connectivity index (χ4v) is 4.05. The van der Waals surface area contributed by atoms with Crippen molar-refractivity contribution in [1.82, 2.24) is 4.90 Å². The normalized spacial score (nSPS) is 29.0. The van der Waals surface area contributed by atoms with Gasteiger partial charge in [-0.25, -0.2) is 4.79 Å². The second-order valence-corrected chi connectivity index (χ2v) is 6.02. The van der Waals surface area contributed by atoms with Crippen LogP contribution in [0.15, 0.2) is 35.9 Å². The Morgan fingerprint density at radius 3 is 2.75 bits per heavy atom. The van der Waals surface area contributed by atoms with Crippen LogP contribution in [-0.4, -0.2) is 23.6 Å². The lowest BCUT2D eigenvalue weighted by Gasteiger charge is -2.47. The number of nitrogens with zero attached hydrogens (tertiary/aromatic N) is 1. The first-order valence-corrected chi connectivity index (χ1v) is 7.61. The highest BCUT2D eigenvalue weighted by molar-refractivity contribution is 5.82. The van der Waals surface area contributed by atoms with Crippen LogP contribution < -0.4 is 0 Å². The van der Waals surface area contributed by atoms with E-state index in [2.05, 4.69) is 0 Å². The number of carbonyl (C=O) groups excluding carboxylic acids is 1. The zero-order valence-corrected chi connectivity index (χ0v) is 11.5. The second-order valence-electron chi connectivity index (χ2n) is 6.02. The molecular formula is C17H19NO2. The molecule has 0 spiro atoms. The van der Waals surface area contributed by atoms with E-state index in [0.717, 1.165) is 30.7 Å². The molecular weight excluding hydrogens is 250 g/mol. The molecule has 1 aromatic rings. The summed E-state index contributed by atoms with van der Waals surface area (Å²) in [6, 6.07) is 10.4. The van der Waals surface area contributed by atoms with Crippen molar-refractivity contribution in [1.29, 1.82) is 0 Å². The monoisotopic (exact) mass is 269 g/mol. The van der Waals surface area contributed by atoms with Crippen molar-refractivity contribution in [2.75, 3.05) is 6.54 Å². The minimum absolute atomic E-state index is 0.149. The van der Waals surface area contributed by atoms with Crippen molar-refractivity contribution in [2.45, 2.75) is 38.1 Å². The van der Waals surface area contributed by atoms with Crippen molar-refractivity contribution in [3.63, 3.8) is 0 Å². The molecule has 0 unspecified atom stereocenters. The summed E-state index contributed by atoms with van der Waals surface area (Å²) in [7, 11) is 0. The molecule has 0 bridgehead atoms. The summed E-state index contributed by atoms with van der Waals surface area (Å²) in [5, 5.41) is 0. The minimum atomic E-state index is -0.149. The Morgan fingerprint density at radius 2 is 1.90 bits per heavy atom. The Morgan fingerprint density at radius 1 is 1.10 bits per heavy atom. The number of ether oxygens (including phenoxy) is 1. The molecule has 3 nitrogen and oxygen atoms in total. The first-order chi connectivity index (χ1) is 9.84.